The third kappa shape index (κ3) is 2.79. The second-order valence-corrected chi connectivity index (χ2v) is 5.48. The van der Waals surface area contributed by atoms with Gasteiger partial charge in [-0.2, -0.15) is 0 Å². The standard InChI is InChI=1S/C16H17ClN2O/c17-15-7-11(9-18)10-19-16(15)20-14-6-5-12-3-1-2-4-13(12)8-14/h5-8,10H,1-4,9,18H2. The second-order valence-electron chi connectivity index (χ2n) is 5.07. The first kappa shape index (κ1) is 13.4. The first-order valence-corrected chi connectivity index (χ1v) is 7.28. The number of rotatable bonds is 3. The van der Waals surface area contributed by atoms with Gasteiger partial charge >= 0.3 is 0 Å². The maximum Gasteiger partial charge on any atom is 0.238 e. The molecule has 0 atom stereocenters. The van der Waals surface area contributed by atoms with E-state index in [4.69, 9.17) is 22.1 Å². The Kier molecular flexibility index (Phi) is 3.90. The normalized spacial score (nSPS) is 13.9. The van der Waals surface area contributed by atoms with E-state index in [-0.39, 0.29) is 0 Å². The average molecular weight is 289 g/mol. The molecule has 3 nitrogen and oxygen atoms in total. The molecule has 1 aliphatic rings. The topological polar surface area (TPSA) is 48.1 Å². The predicted molar refractivity (Wildman–Crippen MR) is 80.3 cm³/mol. The SMILES string of the molecule is NCc1cnc(Oc2ccc3c(c2)CCCC3)c(Cl)c1. The number of nitrogens with zero attached hydrogens (tertiary/aromatic N) is 1. The number of nitrogens with two attached hydrogens (primary N) is 1. The molecule has 0 unspecified atom stereocenters. The lowest BCUT2D eigenvalue weighted by Gasteiger charge is -2.16. The Hall–Kier alpha value is -1.58. The van der Waals surface area contributed by atoms with E-state index >= 15 is 0 Å². The van der Waals surface area contributed by atoms with Gasteiger partial charge < -0.3 is 10.5 Å². The molecule has 3 rings (SSSR count). The number of fused-ring (bicyclic) bond motifs is 1. The highest BCUT2D eigenvalue weighted by Crippen LogP contribution is 2.31. The maximum atomic E-state index is 6.16. The van der Waals surface area contributed by atoms with Gasteiger partial charge in [0.1, 0.15) is 10.8 Å². The Labute approximate surface area is 123 Å². The van der Waals surface area contributed by atoms with Gasteiger partial charge in [0, 0.05) is 12.7 Å². The van der Waals surface area contributed by atoms with Gasteiger partial charge in [0.05, 0.1) is 0 Å². The first-order chi connectivity index (χ1) is 9.76. The van der Waals surface area contributed by atoms with Crippen molar-refractivity contribution < 1.29 is 4.74 Å². The summed E-state index contributed by atoms with van der Waals surface area (Å²) in [4.78, 5) is 4.22. The summed E-state index contributed by atoms with van der Waals surface area (Å²) in [5.41, 5.74) is 9.26. The van der Waals surface area contributed by atoms with Crippen LogP contribution in [0.3, 0.4) is 0 Å². The van der Waals surface area contributed by atoms with Gasteiger partial charge in [-0.25, -0.2) is 4.98 Å². The van der Waals surface area contributed by atoms with Crippen LogP contribution < -0.4 is 10.5 Å². The zero-order chi connectivity index (χ0) is 13.9. The number of pyridine rings is 1. The molecule has 2 N–H and O–H groups in total. The number of hydrogen-bond acceptors (Lipinski definition) is 3. The zero-order valence-electron chi connectivity index (χ0n) is 11.2. The van der Waals surface area contributed by atoms with Crippen LogP contribution in [0.1, 0.15) is 29.5 Å². The van der Waals surface area contributed by atoms with Crippen molar-refractivity contribution in [1.29, 1.82) is 0 Å². The highest BCUT2D eigenvalue weighted by Gasteiger charge is 2.11. The molecule has 104 valence electrons. The molecule has 1 heterocycles. The molecule has 20 heavy (non-hydrogen) atoms. The van der Waals surface area contributed by atoms with Gasteiger partial charge in [0.25, 0.3) is 0 Å². The molecule has 0 saturated heterocycles. The monoisotopic (exact) mass is 288 g/mol. The number of aromatic nitrogens is 1. The van der Waals surface area contributed by atoms with Crippen LogP contribution in [-0.2, 0) is 19.4 Å². The summed E-state index contributed by atoms with van der Waals surface area (Å²) < 4.78 is 5.79. The fourth-order valence-corrected chi connectivity index (χ4v) is 2.76. The summed E-state index contributed by atoms with van der Waals surface area (Å²) in [6.45, 7) is 0.422. The van der Waals surface area contributed by atoms with E-state index in [2.05, 4.69) is 17.1 Å². The number of aryl methyl sites for hydroxylation is 2. The van der Waals surface area contributed by atoms with Crippen LogP contribution in [0.15, 0.2) is 30.5 Å². The molecule has 4 heteroatoms. The molecule has 0 amide bonds. The van der Waals surface area contributed by atoms with Crippen molar-refractivity contribution >= 4 is 11.6 Å². The van der Waals surface area contributed by atoms with Crippen LogP contribution in [0.4, 0.5) is 0 Å². The van der Waals surface area contributed by atoms with E-state index in [1.54, 1.807) is 12.3 Å². The third-order valence-electron chi connectivity index (χ3n) is 3.63. The van der Waals surface area contributed by atoms with E-state index in [0.29, 0.717) is 17.4 Å². The lowest BCUT2D eigenvalue weighted by Crippen LogP contribution is -2.02. The Balaban J connectivity index is 1.84. The number of ether oxygens (including phenoxy) is 1. The van der Waals surface area contributed by atoms with Crippen LogP contribution in [0.5, 0.6) is 11.6 Å². The van der Waals surface area contributed by atoms with Crippen molar-refractivity contribution in [3.8, 4) is 11.6 Å². The first-order valence-electron chi connectivity index (χ1n) is 6.90. The highest BCUT2D eigenvalue weighted by molar-refractivity contribution is 6.31. The van der Waals surface area contributed by atoms with E-state index < -0.39 is 0 Å². The maximum absolute atomic E-state index is 6.16. The van der Waals surface area contributed by atoms with Crippen LogP contribution in [0.2, 0.25) is 5.02 Å². The van der Waals surface area contributed by atoms with Gasteiger partial charge in [-0.1, -0.05) is 17.7 Å². The molecular formula is C16H17ClN2O. The predicted octanol–water partition coefficient (Wildman–Crippen LogP) is 3.86. The summed E-state index contributed by atoms with van der Waals surface area (Å²) >= 11 is 6.16. The lowest BCUT2D eigenvalue weighted by atomic mass is 9.92. The Morgan fingerprint density at radius 3 is 2.70 bits per heavy atom. The Bertz CT molecular complexity index is 628. The molecule has 1 aromatic carbocycles. The summed E-state index contributed by atoms with van der Waals surface area (Å²) in [7, 11) is 0. The summed E-state index contributed by atoms with van der Waals surface area (Å²) in [6.07, 6.45) is 6.51. The van der Waals surface area contributed by atoms with Crippen LogP contribution in [0, 0.1) is 0 Å². The summed E-state index contributed by atoms with van der Waals surface area (Å²) in [5, 5.41) is 0.491. The quantitative estimate of drug-likeness (QED) is 0.933. The molecular weight excluding hydrogens is 272 g/mol. The van der Waals surface area contributed by atoms with E-state index in [0.717, 1.165) is 17.7 Å². The van der Waals surface area contributed by atoms with E-state index in [1.165, 1.54) is 30.4 Å². The molecule has 0 radical (unpaired) electrons. The lowest BCUT2D eigenvalue weighted by molar-refractivity contribution is 0.461. The number of hydrogen-bond donors (Lipinski definition) is 1. The Morgan fingerprint density at radius 2 is 1.95 bits per heavy atom. The average Bonchev–Trinajstić information content (AvgIpc) is 2.49. The second kappa shape index (κ2) is 5.81. The molecule has 0 aliphatic heterocycles. The molecule has 0 spiro atoms. The van der Waals surface area contributed by atoms with Crippen molar-refractivity contribution in [3.05, 3.63) is 52.2 Å². The van der Waals surface area contributed by atoms with Crippen molar-refractivity contribution in [2.45, 2.75) is 32.2 Å². The molecule has 0 bridgehead atoms. The smallest absolute Gasteiger partial charge is 0.238 e. The van der Waals surface area contributed by atoms with Crippen LogP contribution in [-0.4, -0.2) is 4.98 Å². The molecule has 2 aromatic rings. The van der Waals surface area contributed by atoms with Crippen molar-refractivity contribution in [2.24, 2.45) is 5.73 Å². The van der Waals surface area contributed by atoms with Gasteiger partial charge in [-0.15, -0.1) is 0 Å². The fourth-order valence-electron chi connectivity index (χ4n) is 2.54. The van der Waals surface area contributed by atoms with Gasteiger partial charge in [-0.3, -0.25) is 0 Å². The molecule has 0 fully saturated rings. The third-order valence-corrected chi connectivity index (χ3v) is 3.91. The van der Waals surface area contributed by atoms with Crippen LogP contribution >= 0.6 is 11.6 Å². The molecule has 1 aliphatic carbocycles. The minimum atomic E-state index is 0.422. The van der Waals surface area contributed by atoms with Gasteiger partial charge in [-0.05, 0) is 60.6 Å². The molecule has 0 saturated carbocycles. The highest BCUT2D eigenvalue weighted by atomic mass is 35.5. The van der Waals surface area contributed by atoms with Crippen LogP contribution in [0.25, 0.3) is 0 Å². The number of halogens is 1. The van der Waals surface area contributed by atoms with Crippen molar-refractivity contribution in [1.82, 2.24) is 4.98 Å². The van der Waals surface area contributed by atoms with Gasteiger partial charge in [0.2, 0.25) is 5.88 Å². The van der Waals surface area contributed by atoms with Crippen molar-refractivity contribution in [3.63, 3.8) is 0 Å². The minimum absolute atomic E-state index is 0.422. The summed E-state index contributed by atoms with van der Waals surface area (Å²) in [6, 6.07) is 8.02. The van der Waals surface area contributed by atoms with Crippen molar-refractivity contribution in [2.75, 3.05) is 0 Å². The number of benzene rings is 1. The Morgan fingerprint density at radius 1 is 1.15 bits per heavy atom. The largest absolute Gasteiger partial charge is 0.438 e. The van der Waals surface area contributed by atoms with E-state index in [9.17, 15) is 0 Å². The molecule has 1 aromatic heterocycles. The summed E-state index contributed by atoms with van der Waals surface area (Å²) in [5.74, 6) is 1.22. The minimum Gasteiger partial charge on any atom is -0.438 e. The fraction of sp³-hybridized carbons (Fsp3) is 0.312. The van der Waals surface area contributed by atoms with Gasteiger partial charge in [0.15, 0.2) is 0 Å². The zero-order valence-corrected chi connectivity index (χ0v) is 12.0. The van der Waals surface area contributed by atoms with E-state index in [1.807, 2.05) is 6.07 Å².